The second kappa shape index (κ2) is 8.00. The summed E-state index contributed by atoms with van der Waals surface area (Å²) < 4.78 is 10.1. The van der Waals surface area contributed by atoms with Crippen LogP contribution < -0.4 is 4.74 Å². The molecule has 20 heavy (non-hydrogen) atoms. The number of esters is 1. The zero-order chi connectivity index (χ0) is 15.0. The van der Waals surface area contributed by atoms with Crippen molar-refractivity contribution in [2.75, 3.05) is 13.7 Å². The lowest BCUT2D eigenvalue weighted by molar-refractivity contribution is -0.135. The van der Waals surface area contributed by atoms with Crippen LogP contribution in [0.2, 0.25) is 0 Å². The number of methoxy groups -OCH3 is 1. The van der Waals surface area contributed by atoms with Gasteiger partial charge >= 0.3 is 5.97 Å². The minimum absolute atomic E-state index is 0.0269. The van der Waals surface area contributed by atoms with Gasteiger partial charge in [0.05, 0.1) is 13.7 Å². The first-order valence-electron chi connectivity index (χ1n) is 6.49. The largest absolute Gasteiger partial charge is 0.494 e. The summed E-state index contributed by atoms with van der Waals surface area (Å²) in [6.07, 6.45) is 2.49. The number of carbonyl (C=O) groups excluding carboxylic acids is 1. The van der Waals surface area contributed by atoms with Gasteiger partial charge in [0.2, 0.25) is 0 Å². The molecular weight excluding hydrogens is 254 g/mol. The maximum Gasteiger partial charge on any atom is 0.348 e. The number of ether oxygens (including phenoxy) is 2. The molecule has 0 saturated heterocycles. The zero-order valence-electron chi connectivity index (χ0n) is 12.1. The Morgan fingerprint density at radius 2 is 2.00 bits per heavy atom. The highest BCUT2D eigenvalue weighted by molar-refractivity contribution is 5.97. The van der Waals surface area contributed by atoms with E-state index in [9.17, 15) is 4.79 Å². The van der Waals surface area contributed by atoms with E-state index < -0.39 is 5.97 Å². The molecule has 0 spiro atoms. The summed E-state index contributed by atoms with van der Waals surface area (Å²) in [5.74, 6) is 0.750. The monoisotopic (exact) mass is 273 g/mol. The first kappa shape index (κ1) is 15.8. The molecule has 0 aliphatic heterocycles. The summed E-state index contributed by atoms with van der Waals surface area (Å²) in [6.45, 7) is 4.97. The summed E-state index contributed by atoms with van der Waals surface area (Å²) in [5, 5.41) is 8.87. The number of hydrogen-bond donors (Lipinski definition) is 0. The quantitative estimate of drug-likeness (QED) is 0.453. The van der Waals surface area contributed by atoms with E-state index in [0.29, 0.717) is 12.5 Å². The molecule has 0 bridgehead atoms. The zero-order valence-corrected chi connectivity index (χ0v) is 12.1. The molecule has 1 aromatic rings. The molecule has 0 aliphatic carbocycles. The van der Waals surface area contributed by atoms with Crippen molar-refractivity contribution in [3.8, 4) is 11.8 Å². The Bertz CT molecular complexity index is 510. The molecule has 4 nitrogen and oxygen atoms in total. The minimum Gasteiger partial charge on any atom is -0.494 e. The third kappa shape index (κ3) is 5.15. The average molecular weight is 273 g/mol. The van der Waals surface area contributed by atoms with Gasteiger partial charge in [-0.05, 0) is 36.1 Å². The minimum atomic E-state index is -0.634. The number of nitrogens with zero attached hydrogens (tertiary/aromatic N) is 1. The summed E-state index contributed by atoms with van der Waals surface area (Å²) in [6, 6.07) is 9.05. The number of rotatable bonds is 6. The molecule has 0 aromatic heterocycles. The number of carbonyl (C=O) groups is 1. The van der Waals surface area contributed by atoms with E-state index in [0.717, 1.165) is 17.7 Å². The van der Waals surface area contributed by atoms with Crippen LogP contribution in [0.3, 0.4) is 0 Å². The Balaban J connectivity index is 2.69. The van der Waals surface area contributed by atoms with Crippen LogP contribution in [0.5, 0.6) is 5.75 Å². The van der Waals surface area contributed by atoms with E-state index in [4.69, 9.17) is 10.00 Å². The smallest absolute Gasteiger partial charge is 0.348 e. The van der Waals surface area contributed by atoms with Gasteiger partial charge in [-0.2, -0.15) is 5.26 Å². The van der Waals surface area contributed by atoms with Crippen LogP contribution in [0, 0.1) is 17.2 Å². The van der Waals surface area contributed by atoms with E-state index in [1.54, 1.807) is 12.1 Å². The molecule has 1 aromatic carbocycles. The Labute approximate surface area is 119 Å². The predicted molar refractivity (Wildman–Crippen MR) is 77.0 cm³/mol. The van der Waals surface area contributed by atoms with Gasteiger partial charge in [-0.25, -0.2) is 4.79 Å². The molecule has 0 N–H and O–H groups in total. The molecule has 0 radical (unpaired) electrons. The molecule has 0 atom stereocenters. The second-order valence-corrected chi connectivity index (χ2v) is 4.76. The van der Waals surface area contributed by atoms with Gasteiger partial charge in [0, 0.05) is 0 Å². The standard InChI is InChI=1S/C16H19NO3/c1-12(2)8-9-20-15-6-4-13(5-7-15)10-14(11-17)16(18)19-3/h4-7,10,12H,8-9H2,1-3H3/b14-10+. The second-order valence-electron chi connectivity index (χ2n) is 4.76. The highest BCUT2D eigenvalue weighted by Gasteiger charge is 2.08. The van der Waals surface area contributed by atoms with E-state index in [-0.39, 0.29) is 5.57 Å². The first-order valence-corrected chi connectivity index (χ1v) is 6.49. The Morgan fingerprint density at radius 3 is 2.50 bits per heavy atom. The highest BCUT2D eigenvalue weighted by Crippen LogP contribution is 2.15. The summed E-state index contributed by atoms with van der Waals surface area (Å²) in [4.78, 5) is 11.3. The van der Waals surface area contributed by atoms with Crippen LogP contribution in [0.4, 0.5) is 0 Å². The molecule has 0 heterocycles. The third-order valence-electron chi connectivity index (χ3n) is 2.68. The van der Waals surface area contributed by atoms with E-state index in [1.165, 1.54) is 13.2 Å². The van der Waals surface area contributed by atoms with Crippen molar-refractivity contribution in [3.63, 3.8) is 0 Å². The van der Waals surface area contributed by atoms with E-state index >= 15 is 0 Å². The topological polar surface area (TPSA) is 59.3 Å². The van der Waals surface area contributed by atoms with Gasteiger partial charge in [0.15, 0.2) is 0 Å². The lowest BCUT2D eigenvalue weighted by Gasteiger charge is -2.08. The Morgan fingerprint density at radius 1 is 1.35 bits per heavy atom. The van der Waals surface area contributed by atoms with Gasteiger partial charge in [0.1, 0.15) is 17.4 Å². The van der Waals surface area contributed by atoms with E-state index in [1.807, 2.05) is 18.2 Å². The van der Waals surface area contributed by atoms with E-state index in [2.05, 4.69) is 18.6 Å². The fourth-order valence-corrected chi connectivity index (χ4v) is 1.49. The molecule has 4 heteroatoms. The summed E-state index contributed by atoms with van der Waals surface area (Å²) in [7, 11) is 1.25. The molecule has 0 amide bonds. The molecule has 106 valence electrons. The van der Waals surface area contributed by atoms with Crippen molar-refractivity contribution in [2.45, 2.75) is 20.3 Å². The lowest BCUT2D eigenvalue weighted by Crippen LogP contribution is -2.02. The lowest BCUT2D eigenvalue weighted by atomic mass is 10.1. The average Bonchev–Trinajstić information content (AvgIpc) is 2.45. The first-order chi connectivity index (χ1) is 9.56. The van der Waals surface area contributed by atoms with Crippen LogP contribution in [0.25, 0.3) is 6.08 Å². The Hall–Kier alpha value is -2.28. The molecule has 0 saturated carbocycles. The van der Waals surface area contributed by atoms with Gasteiger partial charge in [0.25, 0.3) is 0 Å². The van der Waals surface area contributed by atoms with Crippen molar-refractivity contribution in [3.05, 3.63) is 35.4 Å². The van der Waals surface area contributed by atoms with Crippen LogP contribution in [-0.4, -0.2) is 19.7 Å². The molecule has 0 unspecified atom stereocenters. The van der Waals surface area contributed by atoms with Crippen LogP contribution in [0.15, 0.2) is 29.8 Å². The maximum atomic E-state index is 11.3. The molecule has 1 rings (SSSR count). The van der Waals surface area contributed by atoms with Crippen LogP contribution >= 0.6 is 0 Å². The normalized spacial score (nSPS) is 11.1. The third-order valence-corrected chi connectivity index (χ3v) is 2.68. The maximum absolute atomic E-state index is 11.3. The van der Waals surface area contributed by atoms with Crippen molar-refractivity contribution in [1.29, 1.82) is 5.26 Å². The molecule has 0 fully saturated rings. The van der Waals surface area contributed by atoms with Crippen molar-refractivity contribution in [2.24, 2.45) is 5.92 Å². The Kier molecular flexibility index (Phi) is 6.31. The SMILES string of the molecule is COC(=O)/C(C#N)=C/c1ccc(OCCC(C)C)cc1. The summed E-state index contributed by atoms with van der Waals surface area (Å²) >= 11 is 0. The number of hydrogen-bond acceptors (Lipinski definition) is 4. The highest BCUT2D eigenvalue weighted by atomic mass is 16.5. The number of nitriles is 1. The van der Waals surface area contributed by atoms with Crippen LogP contribution in [-0.2, 0) is 9.53 Å². The predicted octanol–water partition coefficient (Wildman–Crippen LogP) is 3.19. The summed E-state index contributed by atoms with van der Waals surface area (Å²) in [5.41, 5.74) is 0.726. The van der Waals surface area contributed by atoms with Crippen molar-refractivity contribution in [1.82, 2.24) is 0 Å². The fraction of sp³-hybridized carbons (Fsp3) is 0.375. The number of benzene rings is 1. The van der Waals surface area contributed by atoms with Crippen molar-refractivity contribution < 1.29 is 14.3 Å². The molecule has 0 aliphatic rings. The van der Waals surface area contributed by atoms with Gasteiger partial charge in [-0.3, -0.25) is 0 Å². The fourth-order valence-electron chi connectivity index (χ4n) is 1.49. The van der Waals surface area contributed by atoms with Gasteiger partial charge in [-0.15, -0.1) is 0 Å². The molecular formula is C16H19NO3. The van der Waals surface area contributed by atoms with Gasteiger partial charge < -0.3 is 9.47 Å². The van der Waals surface area contributed by atoms with Crippen LogP contribution in [0.1, 0.15) is 25.8 Å². The van der Waals surface area contributed by atoms with Gasteiger partial charge in [-0.1, -0.05) is 26.0 Å². The van der Waals surface area contributed by atoms with Crippen molar-refractivity contribution >= 4 is 12.0 Å².